The summed E-state index contributed by atoms with van der Waals surface area (Å²) in [6, 6.07) is 0. The Labute approximate surface area is 55.5 Å². The third-order valence-electron chi connectivity index (χ3n) is 1.51. The Morgan fingerprint density at radius 1 is 1.75 bits per heavy atom. The highest BCUT2D eigenvalue weighted by atomic mass is 32.1. The minimum atomic E-state index is 0.821. The van der Waals surface area contributed by atoms with Crippen LogP contribution in [0.4, 0.5) is 0 Å². The molecule has 0 bridgehead atoms. The highest BCUT2D eigenvalue weighted by molar-refractivity contribution is 7.80. The van der Waals surface area contributed by atoms with E-state index in [9.17, 15) is 0 Å². The molecule has 1 saturated heterocycles. The lowest BCUT2D eigenvalue weighted by Crippen LogP contribution is -2.32. The van der Waals surface area contributed by atoms with Crippen molar-refractivity contribution in [3.63, 3.8) is 0 Å². The maximum absolute atomic E-state index is 4.95. The molecular formula is C6H11NS. The number of hydrogen-bond acceptors (Lipinski definition) is 1. The molecule has 0 aromatic rings. The van der Waals surface area contributed by atoms with Crippen LogP contribution in [0.3, 0.4) is 0 Å². The fourth-order valence-electron chi connectivity index (χ4n) is 0.856. The molecule has 0 radical (unpaired) electrons. The van der Waals surface area contributed by atoms with Gasteiger partial charge >= 0.3 is 0 Å². The minimum Gasteiger partial charge on any atom is -0.379 e. The van der Waals surface area contributed by atoms with Crippen LogP contribution in [0, 0.1) is 5.92 Å². The van der Waals surface area contributed by atoms with Crippen molar-refractivity contribution in [1.29, 1.82) is 0 Å². The van der Waals surface area contributed by atoms with Gasteiger partial charge in [0.25, 0.3) is 0 Å². The second-order valence-corrected chi connectivity index (χ2v) is 2.94. The van der Waals surface area contributed by atoms with E-state index in [1.807, 2.05) is 0 Å². The molecule has 1 atom stereocenters. The third kappa shape index (κ3) is 1.44. The molecule has 1 aliphatic heterocycles. The molecule has 1 heterocycles. The molecule has 0 amide bonds. The highest BCUT2D eigenvalue weighted by Crippen LogP contribution is 2.09. The maximum Gasteiger partial charge on any atom is 0.0753 e. The van der Waals surface area contributed by atoms with E-state index in [0.717, 1.165) is 23.9 Å². The van der Waals surface area contributed by atoms with Crippen LogP contribution in [0.15, 0.2) is 0 Å². The van der Waals surface area contributed by atoms with Crippen molar-refractivity contribution in [2.45, 2.75) is 19.8 Å². The molecule has 8 heavy (non-hydrogen) atoms. The van der Waals surface area contributed by atoms with Crippen LogP contribution in [-0.2, 0) is 0 Å². The fourth-order valence-corrected chi connectivity index (χ4v) is 1.06. The monoisotopic (exact) mass is 129 g/mol. The second kappa shape index (κ2) is 2.44. The number of nitrogens with one attached hydrogen (secondary N) is 1. The van der Waals surface area contributed by atoms with Crippen molar-refractivity contribution in [3.8, 4) is 0 Å². The summed E-state index contributed by atoms with van der Waals surface area (Å²) in [5.41, 5.74) is 0. The van der Waals surface area contributed by atoms with Gasteiger partial charge < -0.3 is 5.32 Å². The van der Waals surface area contributed by atoms with Gasteiger partial charge in [-0.05, 0) is 18.8 Å². The van der Waals surface area contributed by atoms with E-state index < -0.39 is 0 Å². The lowest BCUT2D eigenvalue weighted by atomic mass is 10.0. The molecule has 1 aliphatic rings. The average molecular weight is 129 g/mol. The Hall–Kier alpha value is -0.110. The summed E-state index contributed by atoms with van der Waals surface area (Å²) >= 11 is 4.95. The minimum absolute atomic E-state index is 0.821. The molecule has 1 unspecified atom stereocenters. The summed E-state index contributed by atoms with van der Waals surface area (Å²) < 4.78 is 0. The zero-order chi connectivity index (χ0) is 5.98. The highest BCUT2D eigenvalue weighted by Gasteiger charge is 2.09. The van der Waals surface area contributed by atoms with Crippen molar-refractivity contribution >= 4 is 17.2 Å². The van der Waals surface area contributed by atoms with E-state index in [-0.39, 0.29) is 0 Å². The van der Waals surface area contributed by atoms with Crippen LogP contribution < -0.4 is 5.32 Å². The summed E-state index contributed by atoms with van der Waals surface area (Å²) in [6.07, 6.45) is 2.36. The molecular weight excluding hydrogens is 118 g/mol. The van der Waals surface area contributed by atoms with E-state index in [1.54, 1.807) is 0 Å². The Morgan fingerprint density at radius 2 is 2.50 bits per heavy atom. The Bertz CT molecular complexity index is 90.7. The van der Waals surface area contributed by atoms with Gasteiger partial charge in [0.15, 0.2) is 0 Å². The smallest absolute Gasteiger partial charge is 0.0753 e. The van der Waals surface area contributed by atoms with Gasteiger partial charge in [-0.2, -0.15) is 0 Å². The molecule has 0 saturated carbocycles. The van der Waals surface area contributed by atoms with Crippen LogP contribution in [0.1, 0.15) is 19.8 Å². The molecule has 0 aromatic carbocycles. The number of thiocarbonyl (C=S) groups is 1. The van der Waals surface area contributed by atoms with E-state index in [0.29, 0.717) is 0 Å². The molecule has 0 aromatic heterocycles. The van der Waals surface area contributed by atoms with Gasteiger partial charge in [0.05, 0.1) is 4.99 Å². The van der Waals surface area contributed by atoms with Gasteiger partial charge in [0.2, 0.25) is 0 Å². The van der Waals surface area contributed by atoms with Crippen LogP contribution in [0.2, 0.25) is 0 Å². The van der Waals surface area contributed by atoms with Gasteiger partial charge in [-0.3, -0.25) is 0 Å². The molecule has 1 nitrogen and oxygen atoms in total. The Morgan fingerprint density at radius 3 is 2.88 bits per heavy atom. The van der Waals surface area contributed by atoms with Crippen molar-refractivity contribution in [2.24, 2.45) is 5.92 Å². The SMILES string of the molecule is CC1CCC(=S)NC1. The number of piperidine rings is 1. The number of rotatable bonds is 0. The molecule has 0 aliphatic carbocycles. The van der Waals surface area contributed by atoms with Gasteiger partial charge in [-0.15, -0.1) is 0 Å². The van der Waals surface area contributed by atoms with Crippen molar-refractivity contribution < 1.29 is 0 Å². The standard InChI is InChI=1S/C6H11NS/c1-5-2-3-6(8)7-4-5/h5H,2-4H2,1H3,(H,7,8). The largest absolute Gasteiger partial charge is 0.379 e. The lowest BCUT2D eigenvalue weighted by Gasteiger charge is -2.19. The second-order valence-electron chi connectivity index (χ2n) is 2.45. The summed E-state index contributed by atoms with van der Waals surface area (Å²) in [7, 11) is 0. The quantitative estimate of drug-likeness (QED) is 0.495. The zero-order valence-corrected chi connectivity index (χ0v) is 5.92. The molecule has 1 fully saturated rings. The van der Waals surface area contributed by atoms with Gasteiger partial charge in [0, 0.05) is 6.54 Å². The lowest BCUT2D eigenvalue weighted by molar-refractivity contribution is 0.502. The van der Waals surface area contributed by atoms with E-state index in [4.69, 9.17) is 12.2 Å². The Kier molecular flexibility index (Phi) is 1.84. The van der Waals surface area contributed by atoms with Crippen molar-refractivity contribution in [2.75, 3.05) is 6.54 Å². The van der Waals surface area contributed by atoms with Crippen LogP contribution in [0.25, 0.3) is 0 Å². The summed E-state index contributed by atoms with van der Waals surface area (Å²) in [5.74, 6) is 0.821. The van der Waals surface area contributed by atoms with Gasteiger partial charge in [-0.1, -0.05) is 19.1 Å². The summed E-state index contributed by atoms with van der Waals surface area (Å²) in [4.78, 5) is 1.04. The molecule has 2 heteroatoms. The normalized spacial score (nSPS) is 29.6. The van der Waals surface area contributed by atoms with E-state index in [2.05, 4.69) is 12.2 Å². The van der Waals surface area contributed by atoms with E-state index >= 15 is 0 Å². The fraction of sp³-hybridized carbons (Fsp3) is 0.833. The summed E-state index contributed by atoms with van der Waals surface area (Å²) in [5, 5.41) is 3.16. The molecule has 1 N–H and O–H groups in total. The zero-order valence-electron chi connectivity index (χ0n) is 5.11. The van der Waals surface area contributed by atoms with Crippen LogP contribution in [0.5, 0.6) is 0 Å². The first-order valence-corrected chi connectivity index (χ1v) is 3.46. The van der Waals surface area contributed by atoms with Crippen LogP contribution in [-0.4, -0.2) is 11.5 Å². The van der Waals surface area contributed by atoms with E-state index in [1.165, 1.54) is 6.42 Å². The average Bonchev–Trinajstić information content (AvgIpc) is 1.77. The predicted molar refractivity (Wildman–Crippen MR) is 39.0 cm³/mol. The third-order valence-corrected chi connectivity index (χ3v) is 1.86. The van der Waals surface area contributed by atoms with Gasteiger partial charge in [0.1, 0.15) is 0 Å². The predicted octanol–water partition coefficient (Wildman–Crippen LogP) is 1.33. The summed E-state index contributed by atoms with van der Waals surface area (Å²) in [6.45, 7) is 3.33. The first-order valence-electron chi connectivity index (χ1n) is 3.06. The topological polar surface area (TPSA) is 12.0 Å². The first-order chi connectivity index (χ1) is 3.79. The first kappa shape index (κ1) is 6.02. The number of hydrogen-bond donors (Lipinski definition) is 1. The van der Waals surface area contributed by atoms with Crippen molar-refractivity contribution in [1.82, 2.24) is 5.32 Å². The molecule has 0 spiro atoms. The maximum atomic E-state index is 4.95. The van der Waals surface area contributed by atoms with Crippen LogP contribution >= 0.6 is 12.2 Å². The van der Waals surface area contributed by atoms with Crippen molar-refractivity contribution in [3.05, 3.63) is 0 Å². The molecule has 1 rings (SSSR count). The Balaban J connectivity index is 2.29. The van der Waals surface area contributed by atoms with Gasteiger partial charge in [-0.25, -0.2) is 0 Å². The molecule has 46 valence electrons.